The van der Waals surface area contributed by atoms with Gasteiger partial charge >= 0.3 is 12.0 Å². The normalized spacial score (nSPS) is 11.7. The summed E-state index contributed by atoms with van der Waals surface area (Å²) in [5.41, 5.74) is 2.89. The number of benzene rings is 2. The summed E-state index contributed by atoms with van der Waals surface area (Å²) in [6.07, 6.45) is 2.01. The van der Waals surface area contributed by atoms with Crippen molar-refractivity contribution >= 4 is 29.3 Å². The van der Waals surface area contributed by atoms with Crippen molar-refractivity contribution in [3.05, 3.63) is 70.5 Å². The Kier molecular flexibility index (Phi) is 8.26. The fraction of sp³-hybridized carbons (Fsp3) is 0.318. The van der Waals surface area contributed by atoms with Gasteiger partial charge in [-0.25, -0.2) is 4.79 Å². The summed E-state index contributed by atoms with van der Waals surface area (Å²) in [6, 6.07) is 14.4. The molecule has 0 fully saturated rings. The Balaban J connectivity index is 1.72. The van der Waals surface area contributed by atoms with E-state index < -0.39 is 12.1 Å². The molecule has 3 rings (SSSR count). The van der Waals surface area contributed by atoms with Gasteiger partial charge in [-0.1, -0.05) is 47.9 Å². The zero-order valence-electron chi connectivity index (χ0n) is 17.3. The summed E-state index contributed by atoms with van der Waals surface area (Å²) in [7, 11) is 0. The van der Waals surface area contributed by atoms with E-state index in [4.69, 9.17) is 21.2 Å². The minimum atomic E-state index is -0.503. The fourth-order valence-corrected chi connectivity index (χ4v) is 3.06. The first-order chi connectivity index (χ1) is 15.1. The number of anilines is 2. The van der Waals surface area contributed by atoms with Crippen LogP contribution in [-0.2, 0) is 12.8 Å². The van der Waals surface area contributed by atoms with Crippen LogP contribution in [0.25, 0.3) is 0 Å². The van der Waals surface area contributed by atoms with E-state index in [1.54, 1.807) is 24.3 Å². The van der Waals surface area contributed by atoms with Gasteiger partial charge in [-0.3, -0.25) is 0 Å². The number of nitrogens with one attached hydrogen (secondary N) is 3. The molecule has 8 nitrogen and oxygen atoms in total. The lowest BCUT2D eigenvalue weighted by Crippen LogP contribution is -2.34. The Hall–Kier alpha value is -3.10. The second kappa shape index (κ2) is 11.3. The maximum atomic E-state index is 12.6. The SMILES string of the molecule is CCc1ccc(C[C@H](NC(=O)Nc2ccc(Cl)cc2)c2noc(NCCCO)n2)cc1. The van der Waals surface area contributed by atoms with Crippen LogP contribution >= 0.6 is 11.6 Å². The first-order valence-corrected chi connectivity index (χ1v) is 10.5. The number of halogens is 1. The van der Waals surface area contributed by atoms with E-state index in [9.17, 15) is 4.79 Å². The van der Waals surface area contributed by atoms with Crippen LogP contribution in [-0.4, -0.2) is 34.4 Å². The van der Waals surface area contributed by atoms with Gasteiger partial charge in [0.1, 0.15) is 0 Å². The highest BCUT2D eigenvalue weighted by molar-refractivity contribution is 6.30. The lowest BCUT2D eigenvalue weighted by atomic mass is 10.0. The van der Waals surface area contributed by atoms with Gasteiger partial charge in [0.05, 0.1) is 6.04 Å². The number of aliphatic hydroxyl groups is 1. The van der Waals surface area contributed by atoms with Gasteiger partial charge in [0.15, 0.2) is 5.82 Å². The molecule has 0 saturated heterocycles. The number of nitrogens with zero attached hydrogens (tertiary/aromatic N) is 2. The molecule has 0 spiro atoms. The number of amides is 2. The average Bonchev–Trinajstić information content (AvgIpc) is 3.24. The van der Waals surface area contributed by atoms with Crippen LogP contribution in [0.2, 0.25) is 5.02 Å². The monoisotopic (exact) mass is 443 g/mol. The standard InChI is InChI=1S/C22H26ClN5O3/c1-2-15-4-6-16(7-5-15)14-19(20-27-22(31-28-20)24-12-3-13-29)26-21(30)25-18-10-8-17(23)9-11-18/h4-11,19,29H,2-3,12-14H2,1H3,(H,24,27,28)(H2,25,26,30)/t19-/m0/s1. The third-order valence-electron chi connectivity index (χ3n) is 4.64. The van der Waals surface area contributed by atoms with Gasteiger partial charge in [-0.15, -0.1) is 0 Å². The molecular formula is C22H26ClN5O3. The van der Waals surface area contributed by atoms with Crippen molar-refractivity contribution < 1.29 is 14.4 Å². The molecule has 0 saturated carbocycles. The van der Waals surface area contributed by atoms with Crippen molar-refractivity contribution in [3.8, 4) is 0 Å². The van der Waals surface area contributed by atoms with Crippen molar-refractivity contribution in [1.82, 2.24) is 15.5 Å². The van der Waals surface area contributed by atoms with E-state index in [1.807, 2.05) is 12.1 Å². The van der Waals surface area contributed by atoms with Crippen LogP contribution in [0.3, 0.4) is 0 Å². The molecule has 0 radical (unpaired) electrons. The number of hydrogen-bond donors (Lipinski definition) is 4. The molecule has 0 aliphatic carbocycles. The van der Waals surface area contributed by atoms with Crippen LogP contribution in [0, 0.1) is 0 Å². The van der Waals surface area contributed by atoms with Crippen LogP contribution in [0.1, 0.15) is 36.3 Å². The van der Waals surface area contributed by atoms with E-state index >= 15 is 0 Å². The summed E-state index contributed by atoms with van der Waals surface area (Å²) in [4.78, 5) is 17.0. The molecule has 2 aromatic carbocycles. The third kappa shape index (κ3) is 6.97. The number of aromatic nitrogens is 2. The Bertz CT molecular complexity index is 960. The summed E-state index contributed by atoms with van der Waals surface area (Å²) >= 11 is 5.90. The molecule has 1 atom stereocenters. The Morgan fingerprint density at radius 1 is 1.13 bits per heavy atom. The Morgan fingerprint density at radius 3 is 2.52 bits per heavy atom. The quantitative estimate of drug-likeness (QED) is 0.349. The van der Waals surface area contributed by atoms with Crippen LogP contribution < -0.4 is 16.0 Å². The molecule has 0 bridgehead atoms. The zero-order chi connectivity index (χ0) is 22.1. The number of aryl methyl sites for hydroxylation is 1. The zero-order valence-corrected chi connectivity index (χ0v) is 18.0. The third-order valence-corrected chi connectivity index (χ3v) is 4.89. The van der Waals surface area contributed by atoms with Crippen molar-refractivity contribution in [2.75, 3.05) is 23.8 Å². The Morgan fingerprint density at radius 2 is 1.84 bits per heavy atom. The first-order valence-electron chi connectivity index (χ1n) is 10.2. The first kappa shape index (κ1) is 22.6. The lowest BCUT2D eigenvalue weighted by Gasteiger charge is -2.16. The second-order valence-corrected chi connectivity index (χ2v) is 7.43. The number of rotatable bonds is 10. The molecule has 1 aromatic heterocycles. The van der Waals surface area contributed by atoms with Crippen molar-refractivity contribution in [2.45, 2.75) is 32.2 Å². The van der Waals surface area contributed by atoms with Gasteiger partial charge < -0.3 is 25.6 Å². The largest absolute Gasteiger partial charge is 0.396 e. The number of carbonyl (C=O) groups excluding carboxylic acids is 1. The van der Waals surface area contributed by atoms with Crippen LogP contribution in [0.5, 0.6) is 0 Å². The van der Waals surface area contributed by atoms with Crippen molar-refractivity contribution in [1.29, 1.82) is 0 Å². The molecule has 0 aliphatic rings. The Labute approximate surface area is 186 Å². The minimum absolute atomic E-state index is 0.0663. The molecule has 164 valence electrons. The summed E-state index contributed by atoms with van der Waals surface area (Å²) in [6.45, 7) is 2.67. The van der Waals surface area contributed by atoms with Crippen molar-refractivity contribution in [2.24, 2.45) is 0 Å². The topological polar surface area (TPSA) is 112 Å². The maximum Gasteiger partial charge on any atom is 0.321 e. The van der Waals surface area contributed by atoms with E-state index in [0.717, 1.165) is 12.0 Å². The molecule has 9 heteroatoms. The number of carbonyl (C=O) groups is 1. The van der Waals surface area contributed by atoms with E-state index in [0.29, 0.717) is 35.9 Å². The molecule has 0 aliphatic heterocycles. The second-order valence-electron chi connectivity index (χ2n) is 6.99. The van der Waals surface area contributed by atoms with Gasteiger partial charge in [0, 0.05) is 30.3 Å². The molecule has 0 unspecified atom stereocenters. The summed E-state index contributed by atoms with van der Waals surface area (Å²) in [5.74, 6) is 0.359. The predicted octanol–water partition coefficient (Wildman–Crippen LogP) is 4.19. The highest BCUT2D eigenvalue weighted by atomic mass is 35.5. The molecule has 4 N–H and O–H groups in total. The lowest BCUT2D eigenvalue weighted by molar-refractivity contribution is 0.247. The fourth-order valence-electron chi connectivity index (χ4n) is 2.93. The van der Waals surface area contributed by atoms with Gasteiger partial charge in [0.2, 0.25) is 0 Å². The summed E-state index contributed by atoms with van der Waals surface area (Å²) in [5, 5.41) is 22.2. The molecule has 3 aromatic rings. The molecular weight excluding hydrogens is 418 g/mol. The van der Waals surface area contributed by atoms with E-state index in [-0.39, 0.29) is 12.6 Å². The van der Waals surface area contributed by atoms with Crippen molar-refractivity contribution in [3.63, 3.8) is 0 Å². The highest BCUT2D eigenvalue weighted by Crippen LogP contribution is 2.19. The molecule has 31 heavy (non-hydrogen) atoms. The van der Waals surface area contributed by atoms with E-state index in [1.165, 1.54) is 5.56 Å². The number of urea groups is 1. The maximum absolute atomic E-state index is 12.6. The molecule has 1 heterocycles. The average molecular weight is 444 g/mol. The highest BCUT2D eigenvalue weighted by Gasteiger charge is 2.21. The number of aliphatic hydroxyl groups excluding tert-OH is 1. The minimum Gasteiger partial charge on any atom is -0.396 e. The van der Waals surface area contributed by atoms with Gasteiger partial charge in [-0.2, -0.15) is 4.98 Å². The van der Waals surface area contributed by atoms with Gasteiger partial charge in [-0.05, 0) is 48.2 Å². The van der Waals surface area contributed by atoms with Crippen LogP contribution in [0.15, 0.2) is 53.1 Å². The molecule has 2 amide bonds. The summed E-state index contributed by atoms with van der Waals surface area (Å²) < 4.78 is 5.24. The van der Waals surface area contributed by atoms with Gasteiger partial charge in [0.25, 0.3) is 0 Å². The van der Waals surface area contributed by atoms with Crippen LogP contribution in [0.4, 0.5) is 16.5 Å². The predicted molar refractivity (Wildman–Crippen MR) is 120 cm³/mol. The number of hydrogen-bond acceptors (Lipinski definition) is 6. The van der Waals surface area contributed by atoms with E-state index in [2.05, 4.69) is 45.1 Å². The smallest absolute Gasteiger partial charge is 0.321 e.